The maximum Gasteiger partial charge on any atom is 0.433 e. The van der Waals surface area contributed by atoms with Crippen molar-refractivity contribution in [3.63, 3.8) is 0 Å². The van der Waals surface area contributed by atoms with Gasteiger partial charge in [-0.1, -0.05) is 17.7 Å². The molecule has 9 heteroatoms. The highest BCUT2D eigenvalue weighted by Gasteiger charge is 2.19. The van der Waals surface area contributed by atoms with Crippen molar-refractivity contribution in [1.29, 1.82) is 0 Å². The van der Waals surface area contributed by atoms with Gasteiger partial charge in [-0.15, -0.1) is 0 Å². The normalized spacial score (nSPS) is 11.7. The maximum absolute atomic E-state index is 12.3. The van der Waals surface area contributed by atoms with Crippen LogP contribution in [0.3, 0.4) is 0 Å². The lowest BCUT2D eigenvalue weighted by Crippen LogP contribution is -2.21. The Morgan fingerprint density at radius 2 is 1.86 bits per heavy atom. The number of rotatable bonds is 5. The summed E-state index contributed by atoms with van der Waals surface area (Å²) >= 11 is 0. The zero-order chi connectivity index (χ0) is 16.3. The van der Waals surface area contributed by atoms with E-state index in [1.807, 2.05) is 6.92 Å². The van der Waals surface area contributed by atoms with Crippen LogP contribution in [0.15, 0.2) is 50.8 Å². The Balaban J connectivity index is 2.19. The Labute approximate surface area is 126 Å². The Morgan fingerprint density at radius 1 is 1.23 bits per heavy atom. The molecule has 0 spiro atoms. The fourth-order valence-corrected chi connectivity index (χ4v) is 2.53. The largest absolute Gasteiger partial charge is 0.433 e. The third-order valence-corrected chi connectivity index (χ3v) is 4.46. The van der Waals surface area contributed by atoms with Crippen molar-refractivity contribution in [3.8, 4) is 0 Å². The fourth-order valence-electron chi connectivity index (χ4n) is 1.57. The van der Waals surface area contributed by atoms with Gasteiger partial charge < -0.3 is 4.42 Å². The molecule has 116 valence electrons. The van der Waals surface area contributed by atoms with Crippen molar-refractivity contribution in [2.75, 3.05) is 7.05 Å². The lowest BCUT2D eigenvalue weighted by molar-refractivity contribution is -0.402. The van der Waals surface area contributed by atoms with Crippen molar-refractivity contribution in [1.82, 2.24) is 4.41 Å². The van der Waals surface area contributed by atoms with Crippen LogP contribution in [0.1, 0.15) is 11.3 Å². The quantitative estimate of drug-likeness (QED) is 0.476. The first-order valence-electron chi connectivity index (χ1n) is 6.14. The number of nitrogens with zero attached hydrogens (tertiary/aromatic N) is 3. The van der Waals surface area contributed by atoms with Crippen molar-refractivity contribution in [3.05, 3.63) is 57.8 Å². The molecule has 0 N–H and O–H groups in total. The second-order valence-corrected chi connectivity index (χ2v) is 6.38. The summed E-state index contributed by atoms with van der Waals surface area (Å²) < 4.78 is 30.1. The molecule has 0 aliphatic carbocycles. The number of benzene rings is 1. The lowest BCUT2D eigenvalue weighted by Gasteiger charge is -2.13. The molecule has 2 aromatic rings. The van der Waals surface area contributed by atoms with Crippen molar-refractivity contribution < 1.29 is 17.8 Å². The number of hydrogen-bond donors (Lipinski definition) is 0. The van der Waals surface area contributed by atoms with Gasteiger partial charge in [0.1, 0.15) is 4.92 Å². The molecule has 1 aromatic carbocycles. The Morgan fingerprint density at radius 3 is 2.41 bits per heavy atom. The molecule has 2 rings (SSSR count). The third kappa shape index (κ3) is 3.31. The number of sulfonamides is 1. The van der Waals surface area contributed by atoms with Crippen LogP contribution in [-0.2, 0) is 10.0 Å². The average molecular weight is 323 g/mol. The lowest BCUT2D eigenvalue weighted by atomic mass is 10.2. The summed E-state index contributed by atoms with van der Waals surface area (Å²) in [6.07, 6.45) is 1.10. The molecule has 1 aromatic heterocycles. The van der Waals surface area contributed by atoms with E-state index in [1.54, 1.807) is 12.1 Å². The molecule has 0 aliphatic rings. The molecule has 1 heterocycles. The van der Waals surface area contributed by atoms with E-state index in [9.17, 15) is 18.5 Å². The molecule has 0 radical (unpaired) electrons. The molecule has 0 atom stereocenters. The van der Waals surface area contributed by atoms with Crippen LogP contribution in [0.2, 0.25) is 0 Å². The molecule has 22 heavy (non-hydrogen) atoms. The van der Waals surface area contributed by atoms with E-state index in [0.29, 0.717) is 0 Å². The minimum atomic E-state index is -3.78. The zero-order valence-corrected chi connectivity index (χ0v) is 12.6. The number of aryl methyl sites for hydroxylation is 1. The summed E-state index contributed by atoms with van der Waals surface area (Å²) in [5.41, 5.74) is 0.938. The van der Waals surface area contributed by atoms with Gasteiger partial charge in [0, 0.05) is 7.05 Å². The molecule has 0 saturated carbocycles. The highest BCUT2D eigenvalue weighted by molar-refractivity contribution is 7.89. The van der Waals surface area contributed by atoms with Gasteiger partial charge in [0.05, 0.1) is 17.2 Å². The van der Waals surface area contributed by atoms with Gasteiger partial charge in [-0.2, -0.15) is 17.9 Å². The predicted molar refractivity (Wildman–Crippen MR) is 79.1 cm³/mol. The molecular formula is C13H13N3O5S. The molecule has 8 nitrogen and oxygen atoms in total. The highest BCUT2D eigenvalue weighted by Crippen LogP contribution is 2.17. The number of nitro groups is 1. The number of furan rings is 1. The molecule has 0 amide bonds. The summed E-state index contributed by atoms with van der Waals surface area (Å²) in [4.78, 5) is 9.89. The first-order valence-corrected chi connectivity index (χ1v) is 7.58. The first kappa shape index (κ1) is 15.7. The second kappa shape index (κ2) is 5.98. The monoisotopic (exact) mass is 323 g/mol. The Kier molecular flexibility index (Phi) is 4.27. The van der Waals surface area contributed by atoms with Crippen LogP contribution in [0.25, 0.3) is 0 Å². The SMILES string of the molecule is Cc1ccc(S(=O)(=O)N(C)N=Cc2ccc([N+](=O)[O-])o2)cc1. The van der Waals surface area contributed by atoms with E-state index < -0.39 is 20.8 Å². The van der Waals surface area contributed by atoms with E-state index in [-0.39, 0.29) is 10.7 Å². The summed E-state index contributed by atoms with van der Waals surface area (Å²) in [5, 5.41) is 14.2. The van der Waals surface area contributed by atoms with Gasteiger partial charge in [0.2, 0.25) is 0 Å². The van der Waals surface area contributed by atoms with Gasteiger partial charge in [0.25, 0.3) is 10.0 Å². The molecular weight excluding hydrogens is 310 g/mol. The average Bonchev–Trinajstić information content (AvgIpc) is 2.94. The Hall–Kier alpha value is -2.68. The van der Waals surface area contributed by atoms with Gasteiger partial charge in [0.15, 0.2) is 5.76 Å². The van der Waals surface area contributed by atoms with Crippen LogP contribution in [0.4, 0.5) is 5.88 Å². The van der Waals surface area contributed by atoms with Crippen molar-refractivity contribution in [2.45, 2.75) is 11.8 Å². The predicted octanol–water partition coefficient (Wildman–Crippen LogP) is 2.15. The summed E-state index contributed by atoms with van der Waals surface area (Å²) in [5.74, 6) is -0.358. The van der Waals surface area contributed by atoms with Gasteiger partial charge >= 0.3 is 5.88 Å². The van der Waals surface area contributed by atoms with Gasteiger partial charge in [-0.05, 0) is 25.1 Å². The van der Waals surface area contributed by atoms with Crippen LogP contribution < -0.4 is 0 Å². The van der Waals surface area contributed by atoms with E-state index >= 15 is 0 Å². The number of hydrogen-bond acceptors (Lipinski definition) is 6. The highest BCUT2D eigenvalue weighted by atomic mass is 32.2. The summed E-state index contributed by atoms with van der Waals surface area (Å²) in [6, 6.07) is 8.81. The molecule has 0 bridgehead atoms. The van der Waals surface area contributed by atoms with Crippen molar-refractivity contribution >= 4 is 22.1 Å². The number of hydrazone groups is 1. The minimum absolute atomic E-state index is 0.0812. The van der Waals surface area contributed by atoms with E-state index in [1.165, 1.54) is 25.2 Å². The Bertz CT molecular complexity index is 808. The van der Waals surface area contributed by atoms with Crippen LogP contribution in [-0.4, -0.2) is 31.0 Å². The van der Waals surface area contributed by atoms with E-state index in [4.69, 9.17) is 4.42 Å². The van der Waals surface area contributed by atoms with Gasteiger partial charge in [-0.25, -0.2) is 0 Å². The van der Waals surface area contributed by atoms with Crippen LogP contribution >= 0.6 is 0 Å². The summed E-state index contributed by atoms with van der Waals surface area (Å²) in [7, 11) is -2.51. The minimum Gasteiger partial charge on any atom is -0.400 e. The molecule has 0 aliphatic heterocycles. The summed E-state index contributed by atoms with van der Waals surface area (Å²) in [6.45, 7) is 1.85. The van der Waals surface area contributed by atoms with Crippen molar-refractivity contribution in [2.24, 2.45) is 5.10 Å². The third-order valence-electron chi connectivity index (χ3n) is 2.81. The smallest absolute Gasteiger partial charge is 0.400 e. The zero-order valence-electron chi connectivity index (χ0n) is 11.8. The fraction of sp³-hybridized carbons (Fsp3) is 0.154. The second-order valence-electron chi connectivity index (χ2n) is 4.43. The van der Waals surface area contributed by atoms with E-state index in [0.717, 1.165) is 22.3 Å². The topological polar surface area (TPSA) is 106 Å². The van der Waals surface area contributed by atoms with Gasteiger partial charge in [-0.3, -0.25) is 10.1 Å². The standard InChI is InChI=1S/C13H13N3O5S/c1-10-3-6-12(7-4-10)22(19,20)15(2)14-9-11-5-8-13(21-11)16(17)18/h3-9H,1-2H3. The molecule has 0 unspecified atom stereocenters. The maximum atomic E-state index is 12.3. The van der Waals surface area contributed by atoms with Crippen LogP contribution in [0, 0.1) is 17.0 Å². The first-order chi connectivity index (χ1) is 10.3. The molecule has 0 saturated heterocycles. The molecule has 0 fully saturated rings. The van der Waals surface area contributed by atoms with Crippen LogP contribution in [0.5, 0.6) is 0 Å². The van der Waals surface area contributed by atoms with E-state index in [2.05, 4.69) is 5.10 Å².